The lowest BCUT2D eigenvalue weighted by Crippen LogP contribution is -2.57. The summed E-state index contributed by atoms with van der Waals surface area (Å²) in [5.74, 6) is -0.166. The Balaban J connectivity index is 2.36. The van der Waals surface area contributed by atoms with Crippen molar-refractivity contribution in [2.75, 3.05) is 20.6 Å². The van der Waals surface area contributed by atoms with Crippen molar-refractivity contribution in [1.29, 1.82) is 5.26 Å². The van der Waals surface area contributed by atoms with Gasteiger partial charge in [-0.05, 0) is 33.4 Å². The van der Waals surface area contributed by atoms with E-state index in [0.29, 0.717) is 6.54 Å². The Labute approximate surface area is 84.9 Å². The monoisotopic (exact) mass is 195 g/mol. The lowest BCUT2D eigenvalue weighted by Gasteiger charge is -2.47. The summed E-state index contributed by atoms with van der Waals surface area (Å²) in [7, 11) is 4.07. The SMILES string of the molecule is CN(C)C1(CNC(=O)CC#N)CCC1. The molecule has 0 aromatic heterocycles. The highest BCUT2D eigenvalue weighted by atomic mass is 16.1. The van der Waals surface area contributed by atoms with Crippen LogP contribution in [0.1, 0.15) is 25.7 Å². The fraction of sp³-hybridized carbons (Fsp3) is 0.800. The number of nitrogens with one attached hydrogen (secondary N) is 1. The third-order valence-corrected chi connectivity index (χ3v) is 3.09. The molecule has 0 spiro atoms. The van der Waals surface area contributed by atoms with Crippen molar-refractivity contribution >= 4 is 5.91 Å². The molecule has 1 aliphatic rings. The van der Waals surface area contributed by atoms with Gasteiger partial charge in [0.25, 0.3) is 0 Å². The van der Waals surface area contributed by atoms with Crippen molar-refractivity contribution in [3.8, 4) is 6.07 Å². The highest BCUT2D eigenvalue weighted by molar-refractivity contribution is 5.78. The van der Waals surface area contributed by atoms with Crippen molar-refractivity contribution < 1.29 is 4.79 Å². The Morgan fingerprint density at radius 3 is 2.57 bits per heavy atom. The number of rotatable bonds is 4. The lowest BCUT2D eigenvalue weighted by molar-refractivity contribution is -0.121. The zero-order valence-electron chi connectivity index (χ0n) is 8.84. The van der Waals surface area contributed by atoms with Crippen LogP contribution in [0.3, 0.4) is 0 Å². The van der Waals surface area contributed by atoms with E-state index < -0.39 is 0 Å². The second kappa shape index (κ2) is 4.43. The number of amides is 1. The number of carbonyl (C=O) groups excluding carboxylic acids is 1. The molecule has 4 nitrogen and oxygen atoms in total. The smallest absolute Gasteiger partial charge is 0.234 e. The van der Waals surface area contributed by atoms with E-state index in [4.69, 9.17) is 5.26 Å². The molecular weight excluding hydrogens is 178 g/mol. The molecule has 0 atom stereocenters. The van der Waals surface area contributed by atoms with Gasteiger partial charge in [0.05, 0.1) is 6.07 Å². The van der Waals surface area contributed by atoms with Gasteiger partial charge in [0.1, 0.15) is 6.42 Å². The fourth-order valence-electron chi connectivity index (χ4n) is 1.76. The number of carbonyl (C=O) groups is 1. The molecule has 0 aliphatic heterocycles. The van der Waals surface area contributed by atoms with Crippen molar-refractivity contribution in [3.05, 3.63) is 0 Å². The summed E-state index contributed by atoms with van der Waals surface area (Å²) in [6.07, 6.45) is 3.45. The van der Waals surface area contributed by atoms with Gasteiger partial charge in [0, 0.05) is 12.1 Å². The Morgan fingerprint density at radius 1 is 1.57 bits per heavy atom. The molecule has 4 heteroatoms. The molecule has 1 saturated carbocycles. The number of likely N-dealkylation sites (N-methyl/N-ethyl adjacent to an activating group) is 1. The second-order valence-electron chi connectivity index (χ2n) is 4.08. The molecule has 0 unspecified atom stereocenters. The van der Waals surface area contributed by atoms with Gasteiger partial charge in [0.15, 0.2) is 0 Å². The molecule has 1 rings (SSSR count). The minimum atomic E-state index is -0.166. The van der Waals surface area contributed by atoms with E-state index in [9.17, 15) is 4.79 Å². The van der Waals surface area contributed by atoms with Gasteiger partial charge in [0.2, 0.25) is 5.91 Å². The average molecular weight is 195 g/mol. The van der Waals surface area contributed by atoms with Crippen molar-refractivity contribution in [3.63, 3.8) is 0 Å². The summed E-state index contributed by atoms with van der Waals surface area (Å²) < 4.78 is 0. The first-order valence-electron chi connectivity index (χ1n) is 4.92. The first kappa shape index (κ1) is 11.0. The van der Waals surface area contributed by atoms with Crippen molar-refractivity contribution in [2.45, 2.75) is 31.2 Å². The molecule has 78 valence electrons. The summed E-state index contributed by atoms with van der Waals surface area (Å²) in [5, 5.41) is 11.1. The predicted molar refractivity (Wildman–Crippen MR) is 53.5 cm³/mol. The minimum absolute atomic E-state index is 0.0382. The van der Waals surface area contributed by atoms with Crippen LogP contribution in [0.4, 0.5) is 0 Å². The van der Waals surface area contributed by atoms with Crippen molar-refractivity contribution in [1.82, 2.24) is 10.2 Å². The van der Waals surface area contributed by atoms with Gasteiger partial charge >= 0.3 is 0 Å². The standard InChI is InChI=1S/C10H17N3O/c1-13(2)10(5-3-6-10)8-12-9(14)4-7-11/h3-6,8H2,1-2H3,(H,12,14). The Hall–Kier alpha value is -1.08. The van der Waals surface area contributed by atoms with Crippen LogP contribution < -0.4 is 5.32 Å². The molecule has 0 bridgehead atoms. The summed E-state index contributed by atoms with van der Waals surface area (Å²) in [6, 6.07) is 1.84. The van der Waals surface area contributed by atoms with Gasteiger partial charge in [-0.3, -0.25) is 4.79 Å². The second-order valence-corrected chi connectivity index (χ2v) is 4.08. The molecule has 14 heavy (non-hydrogen) atoms. The number of hydrogen-bond donors (Lipinski definition) is 1. The maximum absolute atomic E-state index is 11.1. The molecule has 0 heterocycles. The zero-order valence-corrected chi connectivity index (χ0v) is 8.84. The molecule has 0 aromatic rings. The summed E-state index contributed by atoms with van der Waals surface area (Å²) in [5.41, 5.74) is 0.144. The van der Waals surface area contributed by atoms with E-state index in [1.54, 1.807) is 0 Å². The zero-order chi connectivity index (χ0) is 10.6. The summed E-state index contributed by atoms with van der Waals surface area (Å²) >= 11 is 0. The van der Waals surface area contributed by atoms with Crippen LogP contribution in [0, 0.1) is 11.3 Å². The van der Waals surface area contributed by atoms with Crippen molar-refractivity contribution in [2.24, 2.45) is 0 Å². The highest BCUT2D eigenvalue weighted by Crippen LogP contribution is 2.35. The molecule has 0 saturated heterocycles. The molecule has 1 aliphatic carbocycles. The third-order valence-electron chi connectivity index (χ3n) is 3.09. The van der Waals surface area contributed by atoms with E-state index in [2.05, 4.69) is 10.2 Å². The number of nitrogens with zero attached hydrogens (tertiary/aromatic N) is 2. The quantitative estimate of drug-likeness (QED) is 0.710. The molecule has 1 fully saturated rings. The van der Waals surface area contributed by atoms with Crippen LogP contribution in [0.2, 0.25) is 0 Å². The molecule has 1 N–H and O–H groups in total. The van der Waals surface area contributed by atoms with Gasteiger partial charge in [-0.15, -0.1) is 0 Å². The fourth-order valence-corrected chi connectivity index (χ4v) is 1.76. The average Bonchev–Trinajstić information content (AvgIpc) is 2.02. The number of hydrogen-bond acceptors (Lipinski definition) is 3. The lowest BCUT2D eigenvalue weighted by atomic mass is 9.75. The normalized spacial score (nSPS) is 18.4. The number of nitriles is 1. The summed E-state index contributed by atoms with van der Waals surface area (Å²) in [4.78, 5) is 13.3. The van der Waals surface area contributed by atoms with E-state index in [1.807, 2.05) is 20.2 Å². The molecule has 0 aromatic carbocycles. The summed E-state index contributed by atoms with van der Waals surface area (Å²) in [6.45, 7) is 0.667. The first-order valence-corrected chi connectivity index (χ1v) is 4.92. The maximum Gasteiger partial charge on any atom is 0.234 e. The van der Waals surface area contributed by atoms with Crippen LogP contribution >= 0.6 is 0 Å². The predicted octanol–water partition coefficient (Wildman–Crippen LogP) is 0.501. The Kier molecular flexibility index (Phi) is 3.48. The van der Waals surface area contributed by atoms with Gasteiger partial charge in [-0.2, -0.15) is 5.26 Å². The van der Waals surface area contributed by atoms with Gasteiger partial charge in [-0.25, -0.2) is 0 Å². The third kappa shape index (κ3) is 2.24. The van der Waals surface area contributed by atoms with E-state index in [1.165, 1.54) is 6.42 Å². The molecule has 1 amide bonds. The maximum atomic E-state index is 11.1. The van der Waals surface area contributed by atoms with Crippen LogP contribution in [-0.2, 0) is 4.79 Å². The van der Waals surface area contributed by atoms with Gasteiger partial charge in [-0.1, -0.05) is 0 Å². The van der Waals surface area contributed by atoms with Gasteiger partial charge < -0.3 is 10.2 Å². The van der Waals surface area contributed by atoms with Crippen LogP contribution in [-0.4, -0.2) is 37.0 Å². The minimum Gasteiger partial charge on any atom is -0.353 e. The molecular formula is C10H17N3O. The van der Waals surface area contributed by atoms with E-state index >= 15 is 0 Å². The van der Waals surface area contributed by atoms with Crippen LogP contribution in [0.5, 0.6) is 0 Å². The first-order chi connectivity index (χ1) is 6.60. The van der Waals surface area contributed by atoms with E-state index in [0.717, 1.165) is 12.8 Å². The van der Waals surface area contributed by atoms with Crippen LogP contribution in [0.15, 0.2) is 0 Å². The topological polar surface area (TPSA) is 56.1 Å². The van der Waals surface area contributed by atoms with Crippen LogP contribution in [0.25, 0.3) is 0 Å². The van der Waals surface area contributed by atoms with E-state index in [-0.39, 0.29) is 17.9 Å². The largest absolute Gasteiger partial charge is 0.353 e. The Bertz CT molecular complexity index is 251. The Morgan fingerprint density at radius 2 is 2.21 bits per heavy atom. The molecule has 0 radical (unpaired) electrons. The highest BCUT2D eigenvalue weighted by Gasteiger charge is 2.38.